The number of hydrogen-bond acceptors (Lipinski definition) is 3. The van der Waals surface area contributed by atoms with Crippen LogP contribution in [0.1, 0.15) is 32.8 Å². The van der Waals surface area contributed by atoms with Crippen molar-refractivity contribution < 1.29 is 14.7 Å². The molecule has 0 aromatic heterocycles. The highest BCUT2D eigenvalue weighted by atomic mass is 16.3. The van der Waals surface area contributed by atoms with Crippen LogP contribution in [0.3, 0.4) is 0 Å². The Labute approximate surface area is 125 Å². The quantitative estimate of drug-likeness (QED) is 0.716. The average molecular weight is 292 g/mol. The molecule has 0 aliphatic carbocycles. The van der Waals surface area contributed by atoms with Crippen molar-refractivity contribution in [3.8, 4) is 0 Å². The molecule has 116 valence electrons. The molecule has 1 rings (SSSR count). The van der Waals surface area contributed by atoms with Gasteiger partial charge in [0.15, 0.2) is 0 Å². The summed E-state index contributed by atoms with van der Waals surface area (Å²) in [6.45, 7) is 5.76. The molecule has 0 radical (unpaired) electrons. The fourth-order valence-electron chi connectivity index (χ4n) is 1.91. The number of rotatable bonds is 7. The molecule has 5 nitrogen and oxygen atoms in total. The molecule has 5 heteroatoms. The average Bonchev–Trinajstić information content (AvgIpc) is 2.40. The lowest BCUT2D eigenvalue weighted by Gasteiger charge is -2.15. The molecule has 0 saturated heterocycles. The van der Waals surface area contributed by atoms with Gasteiger partial charge in [0.25, 0.3) is 0 Å². The zero-order valence-corrected chi connectivity index (χ0v) is 12.8. The summed E-state index contributed by atoms with van der Waals surface area (Å²) in [5, 5.41) is 15.2. The summed E-state index contributed by atoms with van der Waals surface area (Å²) >= 11 is 0. The van der Waals surface area contributed by atoms with Crippen LogP contribution in [0.5, 0.6) is 0 Å². The number of benzene rings is 1. The van der Waals surface area contributed by atoms with Crippen molar-refractivity contribution in [1.29, 1.82) is 0 Å². The minimum atomic E-state index is -0.406. The molecule has 0 aliphatic heterocycles. The van der Waals surface area contributed by atoms with E-state index < -0.39 is 6.10 Å². The third kappa shape index (κ3) is 6.40. The minimum Gasteiger partial charge on any atom is -0.393 e. The first-order valence-corrected chi connectivity index (χ1v) is 7.20. The maximum Gasteiger partial charge on any atom is 0.224 e. The molecular formula is C16H24N2O3. The van der Waals surface area contributed by atoms with Gasteiger partial charge in [-0.15, -0.1) is 0 Å². The van der Waals surface area contributed by atoms with Crippen LogP contribution in [0.2, 0.25) is 0 Å². The van der Waals surface area contributed by atoms with Crippen LogP contribution in [-0.2, 0) is 16.0 Å². The molecule has 0 heterocycles. The molecule has 0 fully saturated rings. The summed E-state index contributed by atoms with van der Waals surface area (Å²) in [7, 11) is 0. The van der Waals surface area contributed by atoms with Gasteiger partial charge in [0, 0.05) is 19.2 Å². The number of carbonyl (C=O) groups excluding carboxylic acids is 2. The van der Waals surface area contributed by atoms with E-state index in [1.165, 1.54) is 6.92 Å². The molecule has 0 aliphatic rings. The summed E-state index contributed by atoms with van der Waals surface area (Å²) < 4.78 is 0. The van der Waals surface area contributed by atoms with Crippen LogP contribution in [0.25, 0.3) is 0 Å². The highest BCUT2D eigenvalue weighted by Gasteiger charge is 2.11. The molecule has 1 aromatic carbocycles. The van der Waals surface area contributed by atoms with Gasteiger partial charge in [-0.2, -0.15) is 0 Å². The lowest BCUT2D eigenvalue weighted by molar-refractivity contribution is -0.120. The zero-order chi connectivity index (χ0) is 15.8. The Kier molecular flexibility index (Phi) is 6.88. The molecule has 0 unspecified atom stereocenters. The number of carbonyl (C=O) groups is 2. The standard InChI is InChI=1S/C16H24N2O3/c1-11(2)15(20)8-9-17-16(21)10-13-6-4-5-7-14(13)18-12(3)19/h4-7,11,15,20H,8-10H2,1-3H3,(H,17,21)(H,18,19)/t15-/m0/s1. The predicted octanol–water partition coefficient (Wildman–Crippen LogP) is 1.71. The van der Waals surface area contributed by atoms with Crippen molar-refractivity contribution in [2.24, 2.45) is 5.92 Å². The second kappa shape index (κ2) is 8.42. The van der Waals surface area contributed by atoms with E-state index in [0.717, 1.165) is 5.56 Å². The van der Waals surface area contributed by atoms with E-state index in [4.69, 9.17) is 0 Å². The SMILES string of the molecule is CC(=O)Nc1ccccc1CC(=O)NCC[C@H](O)C(C)C. The Hall–Kier alpha value is -1.88. The Bertz CT molecular complexity index is 486. The van der Waals surface area contributed by atoms with Crippen LogP contribution in [0.15, 0.2) is 24.3 Å². The number of aliphatic hydroxyl groups excluding tert-OH is 1. The molecule has 2 amide bonds. The number of nitrogens with one attached hydrogen (secondary N) is 2. The Balaban J connectivity index is 2.49. The van der Waals surface area contributed by atoms with Gasteiger partial charge in [0.2, 0.25) is 11.8 Å². The Morgan fingerprint density at radius 1 is 1.24 bits per heavy atom. The first-order valence-electron chi connectivity index (χ1n) is 7.20. The maximum atomic E-state index is 11.9. The number of anilines is 1. The monoisotopic (exact) mass is 292 g/mol. The van der Waals surface area contributed by atoms with Gasteiger partial charge in [-0.25, -0.2) is 0 Å². The summed E-state index contributed by atoms with van der Waals surface area (Å²) in [6.07, 6.45) is 0.335. The third-order valence-electron chi connectivity index (χ3n) is 3.21. The Morgan fingerprint density at radius 3 is 2.52 bits per heavy atom. The highest BCUT2D eigenvalue weighted by molar-refractivity contribution is 5.91. The van der Waals surface area contributed by atoms with E-state index >= 15 is 0 Å². The van der Waals surface area contributed by atoms with Crippen LogP contribution >= 0.6 is 0 Å². The number of para-hydroxylation sites is 1. The molecule has 1 atom stereocenters. The lowest BCUT2D eigenvalue weighted by Crippen LogP contribution is -2.30. The highest BCUT2D eigenvalue weighted by Crippen LogP contribution is 2.15. The summed E-state index contributed by atoms with van der Waals surface area (Å²) in [6, 6.07) is 7.22. The fraction of sp³-hybridized carbons (Fsp3) is 0.500. The van der Waals surface area contributed by atoms with Crippen LogP contribution in [0.4, 0.5) is 5.69 Å². The lowest BCUT2D eigenvalue weighted by atomic mass is 10.0. The summed E-state index contributed by atoms with van der Waals surface area (Å²) in [5.41, 5.74) is 1.43. The number of aliphatic hydroxyl groups is 1. The first kappa shape index (κ1) is 17.2. The maximum absolute atomic E-state index is 11.9. The topological polar surface area (TPSA) is 78.4 Å². The van der Waals surface area contributed by atoms with Gasteiger partial charge in [0.05, 0.1) is 12.5 Å². The van der Waals surface area contributed by atoms with Gasteiger partial charge in [-0.05, 0) is 24.0 Å². The molecule has 0 spiro atoms. The van der Waals surface area contributed by atoms with Gasteiger partial charge in [-0.1, -0.05) is 32.0 Å². The van der Waals surface area contributed by atoms with E-state index in [-0.39, 0.29) is 24.2 Å². The first-order chi connectivity index (χ1) is 9.90. The third-order valence-corrected chi connectivity index (χ3v) is 3.21. The number of amides is 2. The van der Waals surface area contributed by atoms with E-state index in [0.29, 0.717) is 18.7 Å². The van der Waals surface area contributed by atoms with Crippen molar-refractivity contribution in [2.45, 2.75) is 39.7 Å². The largest absolute Gasteiger partial charge is 0.393 e. The van der Waals surface area contributed by atoms with Gasteiger partial charge in [0.1, 0.15) is 0 Å². The van der Waals surface area contributed by atoms with Crippen LogP contribution < -0.4 is 10.6 Å². The normalized spacial score (nSPS) is 12.0. The molecule has 0 saturated carbocycles. The van der Waals surface area contributed by atoms with Crippen molar-refractivity contribution in [3.63, 3.8) is 0 Å². The smallest absolute Gasteiger partial charge is 0.224 e. The van der Waals surface area contributed by atoms with Crippen molar-refractivity contribution in [1.82, 2.24) is 5.32 Å². The van der Waals surface area contributed by atoms with Crippen LogP contribution in [-0.4, -0.2) is 29.6 Å². The zero-order valence-electron chi connectivity index (χ0n) is 12.8. The van der Waals surface area contributed by atoms with Crippen molar-refractivity contribution in [2.75, 3.05) is 11.9 Å². The summed E-state index contributed by atoms with van der Waals surface area (Å²) in [4.78, 5) is 23.0. The minimum absolute atomic E-state index is 0.122. The van der Waals surface area contributed by atoms with Gasteiger partial charge in [-0.3, -0.25) is 9.59 Å². The van der Waals surface area contributed by atoms with E-state index in [1.807, 2.05) is 32.0 Å². The molecule has 3 N–H and O–H groups in total. The molecule has 21 heavy (non-hydrogen) atoms. The molecular weight excluding hydrogens is 268 g/mol. The van der Waals surface area contributed by atoms with Crippen LogP contribution in [0, 0.1) is 5.92 Å². The predicted molar refractivity (Wildman–Crippen MR) is 82.9 cm³/mol. The van der Waals surface area contributed by atoms with E-state index in [2.05, 4.69) is 10.6 Å². The summed E-state index contributed by atoms with van der Waals surface area (Å²) in [5.74, 6) is -0.103. The van der Waals surface area contributed by atoms with E-state index in [9.17, 15) is 14.7 Å². The fourth-order valence-corrected chi connectivity index (χ4v) is 1.91. The second-order valence-electron chi connectivity index (χ2n) is 5.47. The van der Waals surface area contributed by atoms with Gasteiger partial charge < -0.3 is 15.7 Å². The second-order valence-corrected chi connectivity index (χ2v) is 5.47. The van der Waals surface area contributed by atoms with E-state index in [1.54, 1.807) is 6.07 Å². The molecule has 1 aromatic rings. The van der Waals surface area contributed by atoms with Crippen molar-refractivity contribution >= 4 is 17.5 Å². The Morgan fingerprint density at radius 2 is 1.90 bits per heavy atom. The van der Waals surface area contributed by atoms with Gasteiger partial charge >= 0.3 is 0 Å². The van der Waals surface area contributed by atoms with Crippen molar-refractivity contribution in [3.05, 3.63) is 29.8 Å². The number of hydrogen-bond donors (Lipinski definition) is 3. The molecule has 0 bridgehead atoms.